The van der Waals surface area contributed by atoms with Crippen molar-refractivity contribution in [2.45, 2.75) is 25.9 Å². The minimum atomic E-state index is -2.75. The lowest BCUT2D eigenvalue weighted by Crippen LogP contribution is -2.08. The largest absolute Gasteiger partial charge is 0.381 e. The number of hydrogen-bond donors (Lipinski definition) is 1. The van der Waals surface area contributed by atoms with Crippen LogP contribution in [0.5, 0.6) is 0 Å². The van der Waals surface area contributed by atoms with E-state index in [-0.39, 0.29) is 5.69 Å². The van der Waals surface area contributed by atoms with E-state index in [4.69, 9.17) is 5.11 Å². The first-order chi connectivity index (χ1) is 5.65. The lowest BCUT2D eigenvalue weighted by Gasteiger charge is -2.04. The minimum Gasteiger partial charge on any atom is -0.381 e. The Morgan fingerprint density at radius 2 is 2.33 bits per heavy atom. The van der Waals surface area contributed by atoms with Crippen molar-refractivity contribution in [2.75, 3.05) is 0 Å². The lowest BCUT2D eigenvalue weighted by atomic mass is 10.3. The molecule has 0 spiro atoms. The summed E-state index contributed by atoms with van der Waals surface area (Å²) in [5, 5.41) is 11.1. The van der Waals surface area contributed by atoms with Crippen molar-refractivity contribution < 1.29 is 13.9 Å². The highest BCUT2D eigenvalue weighted by molar-refractivity contribution is 7.09. The SMILES string of the molecule is CCc1nc(C(O)C(F)F)cs1. The van der Waals surface area contributed by atoms with Gasteiger partial charge in [0, 0.05) is 5.38 Å². The van der Waals surface area contributed by atoms with E-state index in [1.807, 2.05) is 6.92 Å². The summed E-state index contributed by atoms with van der Waals surface area (Å²) in [6.45, 7) is 1.89. The van der Waals surface area contributed by atoms with Gasteiger partial charge in [-0.25, -0.2) is 13.8 Å². The minimum absolute atomic E-state index is 0.0758. The first-order valence-corrected chi connectivity index (χ1v) is 4.43. The summed E-state index contributed by atoms with van der Waals surface area (Å²) in [4.78, 5) is 3.84. The zero-order valence-corrected chi connectivity index (χ0v) is 7.31. The molecule has 1 unspecified atom stereocenters. The standard InChI is InChI=1S/C7H9F2NOS/c1-2-5-10-4(3-12-5)6(11)7(8)9/h3,6-7,11H,2H2,1H3. The molecule has 68 valence electrons. The monoisotopic (exact) mass is 193 g/mol. The summed E-state index contributed by atoms with van der Waals surface area (Å²) in [6, 6.07) is 0. The predicted octanol–water partition coefficient (Wildman–Crippen LogP) is 2.00. The quantitative estimate of drug-likeness (QED) is 0.796. The van der Waals surface area contributed by atoms with Crippen molar-refractivity contribution in [1.82, 2.24) is 4.98 Å². The first kappa shape index (κ1) is 9.54. The highest BCUT2D eigenvalue weighted by Crippen LogP contribution is 2.22. The number of aliphatic hydroxyl groups excluding tert-OH is 1. The number of aryl methyl sites for hydroxylation is 1. The van der Waals surface area contributed by atoms with Gasteiger partial charge in [-0.1, -0.05) is 6.92 Å². The zero-order valence-electron chi connectivity index (χ0n) is 6.50. The van der Waals surface area contributed by atoms with Gasteiger partial charge >= 0.3 is 0 Å². The molecule has 0 saturated carbocycles. The van der Waals surface area contributed by atoms with E-state index in [0.717, 1.165) is 5.01 Å². The van der Waals surface area contributed by atoms with E-state index < -0.39 is 12.5 Å². The molecule has 0 aromatic carbocycles. The average Bonchev–Trinajstić information content (AvgIpc) is 2.50. The van der Waals surface area contributed by atoms with Gasteiger partial charge in [-0.05, 0) is 6.42 Å². The summed E-state index contributed by atoms with van der Waals surface area (Å²) >= 11 is 1.29. The van der Waals surface area contributed by atoms with Crippen molar-refractivity contribution in [3.63, 3.8) is 0 Å². The molecule has 1 atom stereocenters. The average molecular weight is 193 g/mol. The Morgan fingerprint density at radius 1 is 1.67 bits per heavy atom. The van der Waals surface area contributed by atoms with Gasteiger partial charge < -0.3 is 5.11 Å². The summed E-state index contributed by atoms with van der Waals surface area (Å²) in [5.74, 6) is 0. The zero-order chi connectivity index (χ0) is 9.14. The van der Waals surface area contributed by atoms with Crippen LogP contribution in [0.2, 0.25) is 0 Å². The predicted molar refractivity (Wildman–Crippen MR) is 42.5 cm³/mol. The van der Waals surface area contributed by atoms with Crippen LogP contribution in [0.15, 0.2) is 5.38 Å². The molecule has 0 aliphatic heterocycles. The Bertz CT molecular complexity index is 251. The summed E-state index contributed by atoms with van der Waals surface area (Å²) in [6.07, 6.45) is -3.78. The summed E-state index contributed by atoms with van der Waals surface area (Å²) in [5.41, 5.74) is 0.0758. The van der Waals surface area contributed by atoms with Crippen LogP contribution in [0.3, 0.4) is 0 Å². The number of aliphatic hydroxyl groups is 1. The highest BCUT2D eigenvalue weighted by Gasteiger charge is 2.21. The molecular weight excluding hydrogens is 184 g/mol. The van der Waals surface area contributed by atoms with Gasteiger partial charge in [0.05, 0.1) is 10.7 Å². The molecule has 1 aromatic heterocycles. The second-order valence-corrected chi connectivity index (χ2v) is 3.24. The first-order valence-electron chi connectivity index (χ1n) is 3.55. The molecule has 0 bridgehead atoms. The molecule has 1 N–H and O–H groups in total. The Hall–Kier alpha value is -0.550. The maximum Gasteiger partial charge on any atom is 0.269 e. The van der Waals surface area contributed by atoms with Gasteiger partial charge in [-0.3, -0.25) is 0 Å². The Kier molecular flexibility index (Phi) is 3.11. The van der Waals surface area contributed by atoms with Crippen LogP contribution >= 0.6 is 11.3 Å². The number of aromatic nitrogens is 1. The number of alkyl halides is 2. The molecule has 0 amide bonds. The van der Waals surface area contributed by atoms with Crippen molar-refractivity contribution in [2.24, 2.45) is 0 Å². The molecule has 2 nitrogen and oxygen atoms in total. The van der Waals surface area contributed by atoms with Crippen LogP contribution in [0, 0.1) is 0 Å². The number of thiazole rings is 1. The van der Waals surface area contributed by atoms with Gasteiger partial charge in [0.15, 0.2) is 6.10 Å². The Balaban J connectivity index is 2.74. The molecule has 0 aliphatic rings. The van der Waals surface area contributed by atoms with Crippen LogP contribution in [0.4, 0.5) is 8.78 Å². The van der Waals surface area contributed by atoms with Crippen LogP contribution in [-0.2, 0) is 6.42 Å². The lowest BCUT2D eigenvalue weighted by molar-refractivity contribution is -0.00793. The fourth-order valence-electron chi connectivity index (χ4n) is 0.752. The number of halogens is 2. The molecule has 1 rings (SSSR count). The third kappa shape index (κ3) is 1.98. The summed E-state index contributed by atoms with van der Waals surface area (Å²) < 4.78 is 23.9. The highest BCUT2D eigenvalue weighted by atomic mass is 32.1. The molecule has 0 saturated heterocycles. The topological polar surface area (TPSA) is 33.1 Å². The maximum absolute atomic E-state index is 11.9. The molecule has 0 aliphatic carbocycles. The van der Waals surface area contributed by atoms with Crippen LogP contribution < -0.4 is 0 Å². The normalized spacial score (nSPS) is 13.8. The third-order valence-electron chi connectivity index (χ3n) is 1.41. The molecule has 1 aromatic rings. The fraction of sp³-hybridized carbons (Fsp3) is 0.571. The van der Waals surface area contributed by atoms with E-state index in [2.05, 4.69) is 4.98 Å². The molecule has 0 fully saturated rings. The van der Waals surface area contributed by atoms with Crippen LogP contribution in [0.25, 0.3) is 0 Å². The number of rotatable bonds is 3. The molecule has 5 heteroatoms. The molecule has 0 radical (unpaired) electrons. The van der Waals surface area contributed by atoms with Crippen molar-refractivity contribution in [3.8, 4) is 0 Å². The summed E-state index contributed by atoms with van der Waals surface area (Å²) in [7, 11) is 0. The maximum atomic E-state index is 11.9. The van der Waals surface area contributed by atoms with Crippen LogP contribution in [-0.4, -0.2) is 16.5 Å². The number of nitrogens with zero attached hydrogens (tertiary/aromatic N) is 1. The van der Waals surface area contributed by atoms with Gasteiger partial charge in [0.25, 0.3) is 6.43 Å². The van der Waals surface area contributed by atoms with Gasteiger partial charge in [-0.2, -0.15) is 0 Å². The molecular formula is C7H9F2NOS. The Labute approximate surface area is 72.9 Å². The van der Waals surface area contributed by atoms with E-state index in [1.54, 1.807) is 0 Å². The van der Waals surface area contributed by atoms with Crippen molar-refractivity contribution in [3.05, 3.63) is 16.1 Å². The van der Waals surface area contributed by atoms with Crippen molar-refractivity contribution >= 4 is 11.3 Å². The second-order valence-electron chi connectivity index (χ2n) is 2.30. The van der Waals surface area contributed by atoms with E-state index >= 15 is 0 Å². The van der Waals surface area contributed by atoms with Gasteiger partial charge in [-0.15, -0.1) is 11.3 Å². The third-order valence-corrected chi connectivity index (χ3v) is 2.43. The van der Waals surface area contributed by atoms with E-state index in [9.17, 15) is 8.78 Å². The van der Waals surface area contributed by atoms with E-state index in [0.29, 0.717) is 6.42 Å². The second kappa shape index (κ2) is 3.91. The molecule has 1 heterocycles. The smallest absolute Gasteiger partial charge is 0.269 e. The van der Waals surface area contributed by atoms with E-state index in [1.165, 1.54) is 16.7 Å². The van der Waals surface area contributed by atoms with Crippen molar-refractivity contribution in [1.29, 1.82) is 0 Å². The van der Waals surface area contributed by atoms with Gasteiger partial charge in [0.1, 0.15) is 0 Å². The Morgan fingerprint density at radius 3 is 2.75 bits per heavy atom. The number of hydrogen-bond acceptors (Lipinski definition) is 3. The van der Waals surface area contributed by atoms with Crippen LogP contribution in [0.1, 0.15) is 23.7 Å². The molecule has 12 heavy (non-hydrogen) atoms. The fourth-order valence-corrected chi connectivity index (χ4v) is 1.53. The van der Waals surface area contributed by atoms with Gasteiger partial charge in [0.2, 0.25) is 0 Å².